The van der Waals surface area contributed by atoms with Gasteiger partial charge in [-0.25, -0.2) is 13.6 Å². The number of carbonyl (C=O) groups is 2. The van der Waals surface area contributed by atoms with Crippen molar-refractivity contribution in [3.63, 3.8) is 0 Å². The van der Waals surface area contributed by atoms with Crippen molar-refractivity contribution < 1.29 is 23.1 Å². The molecule has 1 atom stereocenters. The summed E-state index contributed by atoms with van der Waals surface area (Å²) in [6.07, 6.45) is -1.22. The van der Waals surface area contributed by atoms with Crippen molar-refractivity contribution in [1.82, 2.24) is 0 Å². The quantitative estimate of drug-likeness (QED) is 0.441. The first-order valence-electron chi connectivity index (χ1n) is 8.31. The fourth-order valence-corrected chi connectivity index (χ4v) is 5.12. The van der Waals surface area contributed by atoms with Crippen molar-refractivity contribution in [2.24, 2.45) is 0 Å². The lowest BCUT2D eigenvalue weighted by Crippen LogP contribution is -2.30. The summed E-state index contributed by atoms with van der Waals surface area (Å²) in [4.78, 5) is 24.9. The predicted molar refractivity (Wildman–Crippen MR) is 107 cm³/mol. The van der Waals surface area contributed by atoms with Crippen molar-refractivity contribution in [3.8, 4) is 0 Å². The first-order valence-corrected chi connectivity index (χ1v) is 9.94. The van der Waals surface area contributed by atoms with Crippen molar-refractivity contribution in [2.75, 3.05) is 5.32 Å². The van der Waals surface area contributed by atoms with E-state index in [1.807, 2.05) is 24.3 Å². The predicted octanol–water partition coefficient (Wildman–Crippen LogP) is 5.58. The summed E-state index contributed by atoms with van der Waals surface area (Å²) in [6, 6.07) is 12.9. The monoisotopic (exact) mass is 417 g/mol. The Kier molecular flexibility index (Phi) is 4.82. The minimum Gasteiger partial charge on any atom is -0.448 e. The molecule has 142 valence electrons. The fourth-order valence-electron chi connectivity index (χ4n) is 2.71. The number of halogens is 2. The molecule has 0 saturated heterocycles. The van der Waals surface area contributed by atoms with Crippen LogP contribution in [0.25, 0.3) is 19.5 Å². The highest BCUT2D eigenvalue weighted by Gasteiger charge is 2.23. The average molecular weight is 417 g/mol. The molecule has 0 unspecified atom stereocenters. The molecule has 0 bridgehead atoms. The van der Waals surface area contributed by atoms with E-state index in [9.17, 15) is 18.4 Å². The molecule has 4 rings (SSSR count). The number of fused-ring (bicyclic) bond motifs is 3. The molecular weight excluding hydrogens is 404 g/mol. The normalized spacial score (nSPS) is 12.2. The van der Waals surface area contributed by atoms with Gasteiger partial charge in [-0.3, -0.25) is 4.79 Å². The molecule has 2 aromatic heterocycles. The second-order valence-corrected chi connectivity index (χ2v) is 8.17. The lowest BCUT2D eigenvalue weighted by atomic mass is 10.2. The number of amides is 1. The Morgan fingerprint density at radius 2 is 1.71 bits per heavy atom. The maximum Gasteiger partial charge on any atom is 0.349 e. The van der Waals surface area contributed by atoms with Crippen LogP contribution in [0.3, 0.4) is 0 Å². The first-order chi connectivity index (χ1) is 13.4. The number of nitrogens with one attached hydrogen (secondary N) is 1. The van der Waals surface area contributed by atoms with Gasteiger partial charge in [-0.05, 0) is 31.2 Å². The molecule has 0 spiro atoms. The number of anilines is 1. The molecule has 4 nitrogen and oxygen atoms in total. The molecule has 4 aromatic rings. The van der Waals surface area contributed by atoms with Gasteiger partial charge < -0.3 is 10.1 Å². The summed E-state index contributed by atoms with van der Waals surface area (Å²) >= 11 is 2.86. The van der Waals surface area contributed by atoms with Crippen LogP contribution < -0.4 is 5.32 Å². The molecule has 0 saturated carbocycles. The van der Waals surface area contributed by atoms with Crippen molar-refractivity contribution in [1.29, 1.82) is 0 Å². The van der Waals surface area contributed by atoms with Crippen LogP contribution in [0, 0.1) is 11.6 Å². The van der Waals surface area contributed by atoms with Gasteiger partial charge in [0.1, 0.15) is 22.2 Å². The Bertz CT molecular complexity index is 1190. The molecule has 1 N–H and O–H groups in total. The highest BCUT2D eigenvalue weighted by molar-refractivity contribution is 7.33. The molecule has 0 radical (unpaired) electrons. The minimum absolute atomic E-state index is 0.365. The zero-order chi connectivity index (χ0) is 19.8. The number of thiophene rings is 2. The molecule has 0 aliphatic carbocycles. The van der Waals surface area contributed by atoms with Crippen LogP contribution in [-0.4, -0.2) is 18.0 Å². The van der Waals surface area contributed by atoms with Gasteiger partial charge in [-0.1, -0.05) is 24.3 Å². The number of hydrogen-bond donors (Lipinski definition) is 1. The average Bonchev–Trinajstić information content (AvgIpc) is 3.22. The third-order valence-electron chi connectivity index (χ3n) is 4.11. The number of para-hydroxylation sites is 1. The van der Waals surface area contributed by atoms with Crippen LogP contribution in [0.4, 0.5) is 14.5 Å². The highest BCUT2D eigenvalue weighted by atomic mass is 32.1. The van der Waals surface area contributed by atoms with Gasteiger partial charge in [0.15, 0.2) is 6.10 Å². The largest absolute Gasteiger partial charge is 0.448 e. The van der Waals surface area contributed by atoms with Gasteiger partial charge in [-0.2, -0.15) is 0 Å². The van der Waals surface area contributed by atoms with E-state index >= 15 is 0 Å². The molecule has 0 fully saturated rings. The summed E-state index contributed by atoms with van der Waals surface area (Å²) in [5.74, 6) is -3.29. The molecule has 0 aliphatic rings. The van der Waals surface area contributed by atoms with E-state index in [4.69, 9.17) is 4.74 Å². The number of hydrogen-bond acceptors (Lipinski definition) is 5. The van der Waals surface area contributed by atoms with E-state index in [0.29, 0.717) is 4.88 Å². The van der Waals surface area contributed by atoms with E-state index in [1.165, 1.54) is 24.3 Å². The second-order valence-electron chi connectivity index (χ2n) is 6.04. The summed E-state index contributed by atoms with van der Waals surface area (Å²) in [5.41, 5.74) is -0.571. The zero-order valence-corrected chi connectivity index (χ0v) is 16.1. The van der Waals surface area contributed by atoms with Crippen LogP contribution in [0.2, 0.25) is 0 Å². The van der Waals surface area contributed by atoms with Gasteiger partial charge in [0.05, 0.1) is 4.70 Å². The van der Waals surface area contributed by atoms with Gasteiger partial charge in [-0.15, -0.1) is 22.7 Å². The zero-order valence-electron chi connectivity index (χ0n) is 14.5. The Balaban J connectivity index is 1.49. The Morgan fingerprint density at radius 3 is 2.46 bits per heavy atom. The van der Waals surface area contributed by atoms with Gasteiger partial charge in [0.25, 0.3) is 5.91 Å². The second kappa shape index (κ2) is 7.29. The van der Waals surface area contributed by atoms with Crippen LogP contribution in [0.1, 0.15) is 16.6 Å². The molecule has 8 heteroatoms. The molecule has 0 aliphatic heterocycles. The fraction of sp³-hybridized carbons (Fsp3) is 0.100. The van der Waals surface area contributed by atoms with Crippen LogP contribution in [-0.2, 0) is 9.53 Å². The lowest BCUT2D eigenvalue weighted by molar-refractivity contribution is -0.123. The van der Waals surface area contributed by atoms with Gasteiger partial charge in [0, 0.05) is 14.8 Å². The molecule has 2 aromatic carbocycles. The van der Waals surface area contributed by atoms with Crippen LogP contribution in [0.5, 0.6) is 0 Å². The number of carbonyl (C=O) groups excluding carboxylic acids is 2. The molecule has 28 heavy (non-hydrogen) atoms. The van der Waals surface area contributed by atoms with Crippen LogP contribution in [0.15, 0.2) is 48.5 Å². The van der Waals surface area contributed by atoms with E-state index in [1.54, 1.807) is 17.4 Å². The van der Waals surface area contributed by atoms with Gasteiger partial charge in [0.2, 0.25) is 0 Å². The third kappa shape index (κ3) is 3.36. The van der Waals surface area contributed by atoms with E-state index in [0.717, 1.165) is 31.6 Å². The Hall–Kier alpha value is -2.84. The molecule has 2 heterocycles. The molecular formula is C20H13F2NO3S2. The van der Waals surface area contributed by atoms with Gasteiger partial charge >= 0.3 is 5.97 Å². The smallest absolute Gasteiger partial charge is 0.349 e. The standard InChI is InChI=1S/C20H13F2NO3S2/c1-10(19(24)23-17-12(21)6-4-7-13(17)22)26-20(25)16-9-15-18(28-16)11-5-2-3-8-14(11)27-15/h2-10H,1H3,(H,23,24)/t10-/m0/s1. The van der Waals surface area contributed by atoms with E-state index in [-0.39, 0.29) is 0 Å². The van der Waals surface area contributed by atoms with Crippen molar-refractivity contribution in [3.05, 3.63) is 65.0 Å². The minimum atomic E-state index is -1.22. The first kappa shape index (κ1) is 18.5. The maximum atomic E-state index is 13.7. The topological polar surface area (TPSA) is 55.4 Å². The Morgan fingerprint density at radius 1 is 1.00 bits per heavy atom. The third-order valence-corrected chi connectivity index (χ3v) is 6.51. The summed E-state index contributed by atoms with van der Waals surface area (Å²) in [5, 5.41) is 3.18. The summed E-state index contributed by atoms with van der Waals surface area (Å²) < 4.78 is 35.6. The van der Waals surface area contributed by atoms with E-state index < -0.39 is 35.3 Å². The number of rotatable bonds is 4. The van der Waals surface area contributed by atoms with Crippen molar-refractivity contribution >= 4 is 59.7 Å². The lowest BCUT2D eigenvalue weighted by Gasteiger charge is -2.13. The molecule has 1 amide bonds. The maximum absolute atomic E-state index is 13.7. The van der Waals surface area contributed by atoms with Crippen molar-refractivity contribution in [2.45, 2.75) is 13.0 Å². The number of esters is 1. The number of benzene rings is 2. The summed E-state index contributed by atoms with van der Waals surface area (Å²) in [6.45, 7) is 1.34. The summed E-state index contributed by atoms with van der Waals surface area (Å²) in [7, 11) is 0. The SMILES string of the molecule is C[C@H](OC(=O)c1cc2sc3ccccc3c2s1)C(=O)Nc1c(F)cccc1F. The number of ether oxygens (including phenoxy) is 1. The van der Waals surface area contributed by atoms with E-state index in [2.05, 4.69) is 5.32 Å². The van der Waals surface area contributed by atoms with Crippen LogP contribution >= 0.6 is 22.7 Å². The Labute approximate surface area is 166 Å². The highest BCUT2D eigenvalue weighted by Crippen LogP contribution is 2.39.